The fourth-order valence-corrected chi connectivity index (χ4v) is 2.55. The number of amides is 1. The molecular weight excluding hydrogens is 505 g/mol. The van der Waals surface area contributed by atoms with Crippen LogP contribution >= 0.6 is 24.0 Å². The second kappa shape index (κ2) is 12.5. The molecule has 7 nitrogen and oxygen atoms in total. The lowest BCUT2D eigenvalue weighted by Crippen LogP contribution is -2.43. The Morgan fingerprint density at radius 2 is 1.84 bits per heavy atom. The van der Waals surface area contributed by atoms with E-state index in [1.54, 1.807) is 25.2 Å². The van der Waals surface area contributed by atoms with Crippen molar-refractivity contribution in [1.82, 2.24) is 20.5 Å². The average molecular weight is 539 g/mol. The van der Waals surface area contributed by atoms with Gasteiger partial charge in [0.25, 0.3) is 0 Å². The van der Waals surface area contributed by atoms with Crippen LogP contribution < -0.4 is 15.4 Å². The Hall–Kier alpha value is -2.36. The van der Waals surface area contributed by atoms with Crippen molar-refractivity contribution in [2.45, 2.75) is 45.9 Å². The SMILES string of the molecule is CC(NC(=NCc1ccc(OC(C)(C)C)nc1)NCC(=O)N(C)C)c1ccccc1.I. The standard InChI is InChI=1S/C23H33N5O2.HI/c1-17(19-10-8-7-9-11-19)27-22(26-16-21(29)28(5)6)25-15-18-12-13-20(24-14-18)30-23(2,3)4;/h7-14,17H,15-16H2,1-6H3,(H2,25,26,27);1H. The molecule has 0 aliphatic rings. The van der Waals surface area contributed by atoms with Crippen molar-refractivity contribution in [3.8, 4) is 5.88 Å². The van der Waals surface area contributed by atoms with Crippen LogP contribution in [0.2, 0.25) is 0 Å². The van der Waals surface area contributed by atoms with Gasteiger partial charge in [-0.25, -0.2) is 9.98 Å². The Balaban J connectivity index is 0.00000480. The maximum Gasteiger partial charge on any atom is 0.241 e. The molecule has 1 aromatic carbocycles. The van der Waals surface area contributed by atoms with Crippen LogP contribution in [0, 0.1) is 0 Å². The molecule has 8 heteroatoms. The first kappa shape index (κ1) is 26.7. The van der Waals surface area contributed by atoms with Crippen molar-refractivity contribution in [1.29, 1.82) is 0 Å². The highest BCUT2D eigenvalue weighted by molar-refractivity contribution is 14.0. The van der Waals surface area contributed by atoms with Gasteiger partial charge in [0, 0.05) is 26.4 Å². The molecule has 1 atom stereocenters. The molecule has 31 heavy (non-hydrogen) atoms. The van der Waals surface area contributed by atoms with Crippen molar-refractivity contribution in [3.63, 3.8) is 0 Å². The molecule has 0 radical (unpaired) electrons. The zero-order chi connectivity index (χ0) is 22.1. The van der Waals surface area contributed by atoms with Crippen LogP contribution in [0.5, 0.6) is 5.88 Å². The smallest absolute Gasteiger partial charge is 0.241 e. The molecule has 0 aliphatic carbocycles. The minimum atomic E-state index is -0.291. The summed E-state index contributed by atoms with van der Waals surface area (Å²) in [4.78, 5) is 22.5. The number of hydrogen-bond acceptors (Lipinski definition) is 4. The topological polar surface area (TPSA) is 78.9 Å². The highest BCUT2D eigenvalue weighted by Gasteiger charge is 2.13. The minimum absolute atomic E-state index is 0. The van der Waals surface area contributed by atoms with Crippen LogP contribution in [-0.2, 0) is 11.3 Å². The zero-order valence-electron chi connectivity index (χ0n) is 19.2. The molecule has 0 bridgehead atoms. The predicted molar refractivity (Wildman–Crippen MR) is 136 cm³/mol. The number of hydrogen-bond donors (Lipinski definition) is 2. The lowest BCUT2D eigenvalue weighted by Gasteiger charge is -2.20. The third-order valence-corrected chi connectivity index (χ3v) is 4.19. The van der Waals surface area contributed by atoms with Gasteiger partial charge >= 0.3 is 0 Å². The molecule has 2 N–H and O–H groups in total. The Morgan fingerprint density at radius 3 is 2.39 bits per heavy atom. The summed E-state index contributed by atoms with van der Waals surface area (Å²) < 4.78 is 5.76. The summed E-state index contributed by atoms with van der Waals surface area (Å²) >= 11 is 0. The molecule has 0 saturated carbocycles. The van der Waals surface area contributed by atoms with E-state index in [2.05, 4.69) is 39.7 Å². The van der Waals surface area contributed by atoms with Gasteiger partial charge in [-0.15, -0.1) is 24.0 Å². The van der Waals surface area contributed by atoms with Crippen LogP contribution in [0.25, 0.3) is 0 Å². The highest BCUT2D eigenvalue weighted by Crippen LogP contribution is 2.16. The van der Waals surface area contributed by atoms with Gasteiger partial charge in [0.2, 0.25) is 11.8 Å². The van der Waals surface area contributed by atoms with Crippen molar-refractivity contribution >= 4 is 35.8 Å². The molecule has 170 valence electrons. The monoisotopic (exact) mass is 539 g/mol. The number of carbonyl (C=O) groups excluding carboxylic acids is 1. The first-order valence-corrected chi connectivity index (χ1v) is 10.1. The number of rotatable bonds is 7. The van der Waals surface area contributed by atoms with E-state index in [4.69, 9.17) is 4.74 Å². The first-order chi connectivity index (χ1) is 14.1. The summed E-state index contributed by atoms with van der Waals surface area (Å²) in [5.41, 5.74) is 1.79. The number of carbonyl (C=O) groups is 1. The van der Waals surface area contributed by atoms with Gasteiger partial charge in [-0.1, -0.05) is 36.4 Å². The van der Waals surface area contributed by atoms with E-state index in [9.17, 15) is 4.79 Å². The van der Waals surface area contributed by atoms with Crippen molar-refractivity contribution in [3.05, 3.63) is 59.8 Å². The highest BCUT2D eigenvalue weighted by atomic mass is 127. The van der Waals surface area contributed by atoms with Gasteiger partial charge < -0.3 is 20.3 Å². The van der Waals surface area contributed by atoms with Gasteiger partial charge in [0.15, 0.2) is 5.96 Å². The fourth-order valence-electron chi connectivity index (χ4n) is 2.55. The molecule has 0 aliphatic heterocycles. The van der Waals surface area contributed by atoms with Crippen LogP contribution in [-0.4, -0.2) is 48.0 Å². The van der Waals surface area contributed by atoms with E-state index in [-0.39, 0.29) is 48.1 Å². The fraction of sp³-hybridized carbons (Fsp3) is 0.435. The molecule has 1 aromatic heterocycles. The summed E-state index contributed by atoms with van der Waals surface area (Å²) in [5.74, 6) is 1.12. The zero-order valence-corrected chi connectivity index (χ0v) is 21.5. The molecule has 1 heterocycles. The number of nitrogens with one attached hydrogen (secondary N) is 2. The molecule has 2 rings (SSSR count). The molecule has 1 unspecified atom stereocenters. The number of benzene rings is 1. The Morgan fingerprint density at radius 1 is 1.16 bits per heavy atom. The van der Waals surface area contributed by atoms with Crippen molar-refractivity contribution in [2.24, 2.45) is 4.99 Å². The van der Waals surface area contributed by atoms with E-state index in [0.29, 0.717) is 18.4 Å². The Kier molecular flexibility index (Phi) is 10.7. The Labute approximate surface area is 202 Å². The van der Waals surface area contributed by atoms with E-state index in [0.717, 1.165) is 11.1 Å². The second-order valence-corrected chi connectivity index (χ2v) is 8.30. The van der Waals surface area contributed by atoms with Crippen LogP contribution in [0.3, 0.4) is 0 Å². The quantitative estimate of drug-likeness (QED) is 0.318. The van der Waals surface area contributed by atoms with E-state index in [1.807, 2.05) is 51.1 Å². The summed E-state index contributed by atoms with van der Waals surface area (Å²) in [5, 5.41) is 6.48. The largest absolute Gasteiger partial charge is 0.472 e. The lowest BCUT2D eigenvalue weighted by molar-refractivity contribution is -0.127. The normalized spacial score (nSPS) is 12.4. The third kappa shape index (κ3) is 9.99. The van der Waals surface area contributed by atoms with Gasteiger partial charge in [-0.2, -0.15) is 0 Å². The van der Waals surface area contributed by atoms with Gasteiger partial charge in [0.05, 0.1) is 19.1 Å². The number of nitrogens with zero attached hydrogens (tertiary/aromatic N) is 3. The minimum Gasteiger partial charge on any atom is -0.472 e. The van der Waals surface area contributed by atoms with E-state index in [1.165, 1.54) is 0 Å². The van der Waals surface area contributed by atoms with Gasteiger partial charge in [-0.3, -0.25) is 4.79 Å². The molecule has 0 saturated heterocycles. The van der Waals surface area contributed by atoms with Crippen molar-refractivity contribution < 1.29 is 9.53 Å². The summed E-state index contributed by atoms with van der Waals surface area (Å²) in [6.07, 6.45) is 1.76. The van der Waals surface area contributed by atoms with Gasteiger partial charge in [0.1, 0.15) is 5.60 Å². The number of aliphatic imine (C=N–C) groups is 1. The molecule has 2 aromatic rings. The van der Waals surface area contributed by atoms with E-state index >= 15 is 0 Å². The molecule has 1 amide bonds. The number of halogens is 1. The van der Waals surface area contributed by atoms with Gasteiger partial charge in [-0.05, 0) is 38.8 Å². The molecule has 0 spiro atoms. The number of pyridine rings is 1. The molecule has 0 fully saturated rings. The summed E-state index contributed by atoms with van der Waals surface area (Å²) in [6.45, 7) is 8.60. The Bertz CT molecular complexity index is 833. The maximum atomic E-state index is 12.0. The first-order valence-electron chi connectivity index (χ1n) is 10.1. The number of aromatic nitrogens is 1. The summed E-state index contributed by atoms with van der Waals surface area (Å²) in [6, 6.07) is 13.9. The number of guanidine groups is 1. The molecular formula is C23H34IN5O2. The van der Waals surface area contributed by atoms with Crippen LogP contribution in [0.4, 0.5) is 0 Å². The number of ether oxygens (including phenoxy) is 1. The maximum absolute atomic E-state index is 12.0. The predicted octanol–water partition coefficient (Wildman–Crippen LogP) is 3.76. The van der Waals surface area contributed by atoms with Crippen LogP contribution in [0.1, 0.15) is 44.9 Å². The van der Waals surface area contributed by atoms with Crippen molar-refractivity contribution in [2.75, 3.05) is 20.6 Å². The summed E-state index contributed by atoms with van der Waals surface area (Å²) in [7, 11) is 3.46. The average Bonchev–Trinajstić information content (AvgIpc) is 2.70. The van der Waals surface area contributed by atoms with E-state index < -0.39 is 0 Å². The third-order valence-electron chi connectivity index (χ3n) is 4.19. The second-order valence-electron chi connectivity index (χ2n) is 8.30. The van der Waals surface area contributed by atoms with Crippen LogP contribution in [0.15, 0.2) is 53.7 Å². The lowest BCUT2D eigenvalue weighted by atomic mass is 10.1. The number of likely N-dealkylation sites (N-methyl/N-ethyl adjacent to an activating group) is 1.